The first kappa shape index (κ1) is 26.2. The average molecular weight is 518 g/mol. The van der Waals surface area contributed by atoms with Crippen molar-refractivity contribution in [3.8, 4) is 17.2 Å². The van der Waals surface area contributed by atoms with E-state index in [-0.39, 0.29) is 29.6 Å². The standard InChI is InChI=1S/C26H29F2N3O6/c1-16(32)29-10-4-5-18(14-29)31-21-8-7-19(37-15-24(27)28)12-20(21)25(33)30(26(31)34)13-17-6-9-22(35-2)23(11-17)36-3/h6-9,11-12,18,24H,4-5,10,13-15H2,1-3H3. The monoisotopic (exact) mass is 517 g/mol. The second-order valence-electron chi connectivity index (χ2n) is 8.88. The van der Waals surface area contributed by atoms with Gasteiger partial charge in [0.1, 0.15) is 12.4 Å². The molecule has 1 aliphatic rings. The number of amides is 1. The highest BCUT2D eigenvalue weighted by Gasteiger charge is 2.27. The molecule has 11 heteroatoms. The number of alkyl halides is 2. The van der Waals surface area contributed by atoms with Gasteiger partial charge in [-0.15, -0.1) is 0 Å². The van der Waals surface area contributed by atoms with Crippen LogP contribution in [0.2, 0.25) is 0 Å². The van der Waals surface area contributed by atoms with Gasteiger partial charge in [0.15, 0.2) is 11.5 Å². The van der Waals surface area contributed by atoms with Crippen LogP contribution in [0.1, 0.15) is 31.4 Å². The van der Waals surface area contributed by atoms with Crippen molar-refractivity contribution in [1.29, 1.82) is 0 Å². The molecule has 2 heterocycles. The van der Waals surface area contributed by atoms with Gasteiger partial charge >= 0.3 is 5.69 Å². The van der Waals surface area contributed by atoms with E-state index in [2.05, 4.69) is 0 Å². The maximum Gasteiger partial charge on any atom is 0.332 e. The summed E-state index contributed by atoms with van der Waals surface area (Å²) >= 11 is 0. The van der Waals surface area contributed by atoms with E-state index in [0.29, 0.717) is 48.5 Å². The van der Waals surface area contributed by atoms with Crippen LogP contribution in [0.15, 0.2) is 46.0 Å². The summed E-state index contributed by atoms with van der Waals surface area (Å²) in [6.07, 6.45) is -1.34. The maximum absolute atomic E-state index is 13.8. The molecule has 2 aromatic carbocycles. The number of nitrogens with zero attached hydrogens (tertiary/aromatic N) is 3. The summed E-state index contributed by atoms with van der Waals surface area (Å²) in [5, 5.41) is 0.159. The van der Waals surface area contributed by atoms with Gasteiger partial charge in [-0.2, -0.15) is 0 Å². The molecule has 1 atom stereocenters. The van der Waals surface area contributed by atoms with Crippen LogP contribution < -0.4 is 25.5 Å². The SMILES string of the molecule is COc1ccc(Cn2c(=O)c3cc(OCC(F)F)ccc3n(C3CCCN(C(C)=O)C3)c2=O)cc1OC. The van der Waals surface area contributed by atoms with E-state index < -0.39 is 24.3 Å². The van der Waals surface area contributed by atoms with Gasteiger partial charge in [-0.25, -0.2) is 13.6 Å². The lowest BCUT2D eigenvalue weighted by atomic mass is 10.0. The molecular weight excluding hydrogens is 488 g/mol. The summed E-state index contributed by atoms with van der Waals surface area (Å²) in [4.78, 5) is 41.1. The Morgan fingerprint density at radius 1 is 1.08 bits per heavy atom. The molecule has 0 bridgehead atoms. The number of carbonyl (C=O) groups excluding carboxylic acids is 1. The third-order valence-electron chi connectivity index (χ3n) is 6.51. The number of aromatic nitrogens is 2. The molecule has 4 rings (SSSR count). The lowest BCUT2D eigenvalue weighted by molar-refractivity contribution is -0.130. The summed E-state index contributed by atoms with van der Waals surface area (Å²) in [6.45, 7) is 1.52. The number of ether oxygens (including phenoxy) is 3. The van der Waals surface area contributed by atoms with Crippen LogP contribution in [0.3, 0.4) is 0 Å². The van der Waals surface area contributed by atoms with Gasteiger partial charge in [-0.3, -0.25) is 18.7 Å². The van der Waals surface area contributed by atoms with Crippen LogP contribution in [-0.2, 0) is 11.3 Å². The number of fused-ring (bicyclic) bond motifs is 1. The molecule has 9 nitrogen and oxygen atoms in total. The van der Waals surface area contributed by atoms with Gasteiger partial charge < -0.3 is 19.1 Å². The number of carbonyl (C=O) groups is 1. The molecule has 198 valence electrons. The predicted octanol–water partition coefficient (Wildman–Crippen LogP) is 3.06. The Hall–Kier alpha value is -3.89. The Morgan fingerprint density at radius 2 is 1.84 bits per heavy atom. The number of rotatable bonds is 8. The molecule has 1 aliphatic heterocycles. The summed E-state index contributed by atoms with van der Waals surface area (Å²) < 4.78 is 43.8. The highest BCUT2D eigenvalue weighted by atomic mass is 19.3. The second kappa shape index (κ2) is 11.0. The summed E-state index contributed by atoms with van der Waals surface area (Å²) in [7, 11) is 2.99. The molecule has 0 N–H and O–H groups in total. The summed E-state index contributed by atoms with van der Waals surface area (Å²) in [6, 6.07) is 9.10. The average Bonchev–Trinajstić information content (AvgIpc) is 2.90. The van der Waals surface area contributed by atoms with Gasteiger partial charge in [0.2, 0.25) is 5.91 Å². The van der Waals surface area contributed by atoms with Crippen molar-refractivity contribution < 1.29 is 27.8 Å². The zero-order valence-corrected chi connectivity index (χ0v) is 20.9. The topological polar surface area (TPSA) is 92.0 Å². The van der Waals surface area contributed by atoms with Crippen molar-refractivity contribution in [2.45, 2.75) is 38.8 Å². The Kier molecular flexibility index (Phi) is 7.80. The van der Waals surface area contributed by atoms with Gasteiger partial charge in [0.25, 0.3) is 12.0 Å². The van der Waals surface area contributed by atoms with E-state index in [1.807, 2.05) is 0 Å². The van der Waals surface area contributed by atoms with Gasteiger partial charge in [0, 0.05) is 20.0 Å². The molecule has 0 spiro atoms. The van der Waals surface area contributed by atoms with Crippen molar-refractivity contribution in [1.82, 2.24) is 14.0 Å². The Bertz CT molecular complexity index is 1420. The van der Waals surface area contributed by atoms with E-state index >= 15 is 0 Å². The van der Waals surface area contributed by atoms with E-state index in [1.54, 1.807) is 23.1 Å². The van der Waals surface area contributed by atoms with Gasteiger partial charge in [-0.1, -0.05) is 6.07 Å². The zero-order valence-electron chi connectivity index (χ0n) is 20.9. The van der Waals surface area contributed by atoms with Gasteiger partial charge in [0.05, 0.1) is 37.7 Å². The maximum atomic E-state index is 13.8. The summed E-state index contributed by atoms with van der Waals surface area (Å²) in [5.74, 6) is 0.952. The fourth-order valence-corrected chi connectivity index (χ4v) is 4.72. The molecule has 1 unspecified atom stereocenters. The van der Waals surface area contributed by atoms with Crippen LogP contribution in [-0.4, -0.2) is 60.3 Å². The molecule has 1 fully saturated rings. The van der Waals surface area contributed by atoms with Gasteiger partial charge in [-0.05, 0) is 48.7 Å². The minimum atomic E-state index is -2.67. The molecule has 0 saturated carbocycles. The zero-order chi connectivity index (χ0) is 26.7. The fraction of sp³-hybridized carbons (Fsp3) is 0.423. The van der Waals surface area contributed by atoms with E-state index in [1.165, 1.54) is 43.9 Å². The molecule has 1 saturated heterocycles. The number of benzene rings is 2. The van der Waals surface area contributed by atoms with E-state index in [0.717, 1.165) is 4.57 Å². The third kappa shape index (κ3) is 5.45. The third-order valence-corrected chi connectivity index (χ3v) is 6.51. The molecule has 0 radical (unpaired) electrons. The lowest BCUT2D eigenvalue weighted by Crippen LogP contribution is -2.46. The highest BCUT2D eigenvalue weighted by molar-refractivity contribution is 5.80. The van der Waals surface area contributed by atoms with Crippen molar-refractivity contribution in [2.75, 3.05) is 33.9 Å². The van der Waals surface area contributed by atoms with E-state index in [4.69, 9.17) is 14.2 Å². The Morgan fingerprint density at radius 3 is 2.51 bits per heavy atom. The molecule has 0 aliphatic carbocycles. The van der Waals surface area contributed by atoms with Crippen LogP contribution in [0.5, 0.6) is 17.2 Å². The minimum absolute atomic E-state index is 0.0563. The molecule has 1 amide bonds. The quantitative estimate of drug-likeness (QED) is 0.456. The van der Waals surface area contributed by atoms with Crippen LogP contribution in [0.25, 0.3) is 10.9 Å². The number of halogens is 2. The van der Waals surface area contributed by atoms with E-state index in [9.17, 15) is 23.2 Å². The number of methoxy groups -OCH3 is 2. The minimum Gasteiger partial charge on any atom is -0.493 e. The first-order valence-corrected chi connectivity index (χ1v) is 11.9. The predicted molar refractivity (Wildman–Crippen MR) is 133 cm³/mol. The largest absolute Gasteiger partial charge is 0.493 e. The van der Waals surface area contributed by atoms with Crippen LogP contribution >= 0.6 is 0 Å². The molecule has 37 heavy (non-hydrogen) atoms. The van der Waals surface area contributed by atoms with Crippen molar-refractivity contribution in [3.05, 3.63) is 62.8 Å². The Labute approximate surface area is 211 Å². The first-order valence-electron chi connectivity index (χ1n) is 11.9. The molecule has 1 aromatic heterocycles. The number of piperidine rings is 1. The Balaban J connectivity index is 1.87. The second-order valence-corrected chi connectivity index (χ2v) is 8.88. The number of likely N-dealkylation sites (tertiary alicyclic amines) is 1. The smallest absolute Gasteiger partial charge is 0.332 e. The molecular formula is C26H29F2N3O6. The van der Waals surface area contributed by atoms with Crippen LogP contribution in [0.4, 0.5) is 8.78 Å². The van der Waals surface area contributed by atoms with Crippen LogP contribution in [0, 0.1) is 0 Å². The summed E-state index contributed by atoms with van der Waals surface area (Å²) in [5.41, 5.74) is -0.114. The lowest BCUT2D eigenvalue weighted by Gasteiger charge is -2.34. The van der Waals surface area contributed by atoms with Crippen molar-refractivity contribution in [3.63, 3.8) is 0 Å². The number of hydrogen-bond donors (Lipinski definition) is 0. The van der Waals surface area contributed by atoms with Crippen molar-refractivity contribution in [2.24, 2.45) is 0 Å². The highest BCUT2D eigenvalue weighted by Crippen LogP contribution is 2.28. The van der Waals surface area contributed by atoms with Crippen molar-refractivity contribution >= 4 is 16.8 Å². The fourth-order valence-electron chi connectivity index (χ4n) is 4.72. The number of hydrogen-bond acceptors (Lipinski definition) is 6. The normalized spacial score (nSPS) is 15.7. The molecule has 3 aromatic rings. The first-order chi connectivity index (χ1) is 17.7.